The summed E-state index contributed by atoms with van der Waals surface area (Å²) in [4.78, 5) is 45.8. The molecule has 3 atom stereocenters. The van der Waals surface area contributed by atoms with Crippen molar-refractivity contribution in [2.24, 2.45) is 24.6 Å². The zero-order chi connectivity index (χ0) is 33.6. The van der Waals surface area contributed by atoms with Crippen molar-refractivity contribution in [3.8, 4) is 28.5 Å². The molecule has 5 heterocycles. The fraction of sp³-hybridized carbons (Fsp3) is 0.378. The number of hydrogen-bond donors (Lipinski definition) is 2. The Morgan fingerprint density at radius 1 is 1.00 bits per heavy atom. The maximum absolute atomic E-state index is 13.8. The van der Waals surface area contributed by atoms with Crippen LogP contribution < -0.4 is 10.5 Å². The fourth-order valence-corrected chi connectivity index (χ4v) is 7.95. The van der Waals surface area contributed by atoms with Crippen molar-refractivity contribution in [2.75, 3.05) is 20.3 Å². The molecule has 2 saturated carbocycles. The van der Waals surface area contributed by atoms with E-state index < -0.39 is 5.97 Å². The highest BCUT2D eigenvalue weighted by Crippen LogP contribution is 2.40. The number of aryl methyl sites for hydroxylation is 1. The summed E-state index contributed by atoms with van der Waals surface area (Å²) in [5.41, 5.74) is 13.5. The number of carbonyl (C=O) groups excluding carboxylic acids is 2. The van der Waals surface area contributed by atoms with E-state index in [0.29, 0.717) is 40.7 Å². The maximum atomic E-state index is 13.8. The van der Waals surface area contributed by atoms with E-state index in [1.807, 2.05) is 48.3 Å². The van der Waals surface area contributed by atoms with Crippen LogP contribution in [0.1, 0.15) is 53.6 Å². The summed E-state index contributed by atoms with van der Waals surface area (Å²) in [5.74, 6) is 2.05. The molecule has 3 fully saturated rings. The first-order chi connectivity index (χ1) is 23.8. The number of piperidine rings is 1. The summed E-state index contributed by atoms with van der Waals surface area (Å²) in [6.07, 6.45) is 4.41. The number of fused-ring (bicyclic) bond motifs is 5. The van der Waals surface area contributed by atoms with Crippen LogP contribution >= 0.6 is 0 Å². The summed E-state index contributed by atoms with van der Waals surface area (Å²) >= 11 is 0. The lowest BCUT2D eigenvalue weighted by Gasteiger charge is -2.27. The third kappa shape index (κ3) is 4.79. The predicted octanol–water partition coefficient (Wildman–Crippen LogP) is 5.29. The number of nitrogens with zero attached hydrogens (tertiary/aromatic N) is 6. The molecule has 250 valence electrons. The number of ether oxygens (including phenoxy) is 2. The van der Waals surface area contributed by atoms with Crippen molar-refractivity contribution in [1.82, 2.24) is 34.0 Å². The van der Waals surface area contributed by atoms with Crippen LogP contribution in [-0.2, 0) is 18.3 Å². The number of likely N-dealkylation sites (tertiary alicyclic amines) is 1. The maximum Gasteiger partial charge on any atom is 0.374 e. The Kier molecular flexibility index (Phi) is 6.80. The highest BCUT2D eigenvalue weighted by atomic mass is 16.5. The summed E-state index contributed by atoms with van der Waals surface area (Å²) in [6, 6.07) is 16.0. The lowest BCUT2D eigenvalue weighted by Crippen LogP contribution is -2.41. The molecule has 1 amide bonds. The number of benzene rings is 2. The quantitative estimate of drug-likeness (QED) is 0.210. The second-order valence-corrected chi connectivity index (χ2v) is 13.7. The molecule has 2 bridgehead atoms. The van der Waals surface area contributed by atoms with Crippen LogP contribution in [0.25, 0.3) is 55.9 Å². The minimum atomic E-state index is -0.476. The summed E-state index contributed by atoms with van der Waals surface area (Å²) in [6.45, 7) is 3.59. The number of nitrogens with two attached hydrogens (primary N) is 1. The van der Waals surface area contributed by atoms with E-state index in [4.69, 9.17) is 25.2 Å². The van der Waals surface area contributed by atoms with Gasteiger partial charge in [0, 0.05) is 48.7 Å². The molecular weight excluding hydrogens is 620 g/mol. The Labute approximate surface area is 282 Å². The van der Waals surface area contributed by atoms with Crippen LogP contribution in [0, 0.1) is 11.8 Å². The zero-order valence-electron chi connectivity index (χ0n) is 27.8. The van der Waals surface area contributed by atoms with Gasteiger partial charge in [0.05, 0.1) is 41.7 Å². The number of H-pyrrole nitrogens is 1. The van der Waals surface area contributed by atoms with Crippen molar-refractivity contribution in [3.63, 3.8) is 0 Å². The van der Waals surface area contributed by atoms with Gasteiger partial charge in [-0.15, -0.1) is 0 Å². The van der Waals surface area contributed by atoms with Crippen LogP contribution in [0.3, 0.4) is 0 Å². The van der Waals surface area contributed by atoms with Gasteiger partial charge in [0.15, 0.2) is 5.82 Å². The van der Waals surface area contributed by atoms with Gasteiger partial charge < -0.3 is 34.2 Å². The van der Waals surface area contributed by atoms with Gasteiger partial charge >= 0.3 is 5.97 Å². The first-order valence-corrected chi connectivity index (χ1v) is 17.1. The molecule has 12 nitrogen and oxygen atoms in total. The SMILES string of the molecule is CCOC(=O)c1nc2ccc(-c3ccc4cc(-c5nc6cc(C(=O)N7C[C@H]8CC[C@@H]7[C@@H]8N)cc(OC)c6n5C)n(CC5CC5)c4n3)cc2[nH]1. The van der Waals surface area contributed by atoms with Crippen LogP contribution in [0.15, 0.2) is 48.5 Å². The summed E-state index contributed by atoms with van der Waals surface area (Å²) in [7, 11) is 3.63. The van der Waals surface area contributed by atoms with Gasteiger partial charge in [-0.1, -0.05) is 6.07 Å². The van der Waals surface area contributed by atoms with Gasteiger partial charge in [0.1, 0.15) is 16.9 Å². The van der Waals surface area contributed by atoms with Gasteiger partial charge in [-0.3, -0.25) is 4.79 Å². The Hall–Kier alpha value is -5.23. The number of pyridine rings is 1. The van der Waals surface area contributed by atoms with Crippen molar-refractivity contribution < 1.29 is 19.1 Å². The van der Waals surface area contributed by atoms with E-state index in [2.05, 4.69) is 31.2 Å². The molecule has 4 aromatic heterocycles. The Morgan fingerprint density at radius 3 is 2.59 bits per heavy atom. The van der Waals surface area contributed by atoms with Crippen LogP contribution in [0.4, 0.5) is 0 Å². The topological polar surface area (TPSA) is 146 Å². The second-order valence-electron chi connectivity index (χ2n) is 13.7. The van der Waals surface area contributed by atoms with Crippen LogP contribution in [0.2, 0.25) is 0 Å². The number of methoxy groups -OCH3 is 1. The summed E-state index contributed by atoms with van der Waals surface area (Å²) < 4.78 is 15.3. The molecular formula is C37H38N8O4. The number of carbonyl (C=O) groups is 2. The Balaban J connectivity index is 1.12. The van der Waals surface area contributed by atoms with Crippen LogP contribution in [-0.4, -0.2) is 78.2 Å². The molecule has 12 heteroatoms. The van der Waals surface area contributed by atoms with Crippen molar-refractivity contribution in [3.05, 3.63) is 59.9 Å². The van der Waals surface area contributed by atoms with Crippen molar-refractivity contribution >= 4 is 45.0 Å². The van der Waals surface area contributed by atoms with Gasteiger partial charge in [0.2, 0.25) is 5.82 Å². The molecule has 1 saturated heterocycles. The van der Waals surface area contributed by atoms with Gasteiger partial charge in [-0.25, -0.2) is 19.7 Å². The molecule has 49 heavy (non-hydrogen) atoms. The lowest BCUT2D eigenvalue weighted by molar-refractivity contribution is 0.0513. The van der Waals surface area contributed by atoms with Crippen molar-refractivity contribution in [2.45, 2.75) is 51.2 Å². The highest BCUT2D eigenvalue weighted by molar-refractivity contribution is 6.00. The number of esters is 1. The predicted molar refractivity (Wildman–Crippen MR) is 185 cm³/mol. The third-order valence-corrected chi connectivity index (χ3v) is 10.7. The largest absolute Gasteiger partial charge is 0.494 e. The fourth-order valence-electron chi connectivity index (χ4n) is 7.95. The number of hydrogen-bond acceptors (Lipinski definition) is 8. The normalized spacial score (nSPS) is 20.2. The minimum Gasteiger partial charge on any atom is -0.494 e. The number of nitrogens with one attached hydrogen (secondary N) is 1. The first-order valence-electron chi connectivity index (χ1n) is 17.1. The van der Waals surface area contributed by atoms with E-state index in [9.17, 15) is 9.59 Å². The van der Waals surface area contributed by atoms with E-state index >= 15 is 0 Å². The number of aromatic nitrogens is 6. The Bertz CT molecular complexity index is 2310. The molecule has 2 aromatic carbocycles. The van der Waals surface area contributed by atoms with E-state index in [0.717, 1.165) is 64.2 Å². The van der Waals surface area contributed by atoms with E-state index in [1.165, 1.54) is 12.8 Å². The molecule has 0 spiro atoms. The first kappa shape index (κ1) is 29.9. The highest BCUT2D eigenvalue weighted by Gasteiger charge is 2.47. The molecule has 3 N–H and O–H groups in total. The standard InChI is InChI=1S/C37H38N8O4/c1-4-49-37(47)33-39-25-11-7-20(13-26(25)40-33)24-10-8-21-15-29(44(34(21)41-24)17-19-5-6-19)35-42-27-14-23(16-30(48-3)32(27)43(35)2)36(46)45-18-22-9-12-28(45)31(22)38/h7-8,10-11,13-16,19,22,28,31H,4-6,9,12,17-18,38H2,1-3H3,(H,39,40)/t22-,28-,31-/m1/s1. The molecule has 6 aromatic rings. The average molecular weight is 659 g/mol. The van der Waals surface area contributed by atoms with E-state index in [1.54, 1.807) is 14.0 Å². The van der Waals surface area contributed by atoms with Crippen LogP contribution in [0.5, 0.6) is 5.75 Å². The Morgan fingerprint density at radius 2 is 1.86 bits per heavy atom. The number of aromatic amines is 1. The smallest absolute Gasteiger partial charge is 0.374 e. The molecule has 1 aliphatic heterocycles. The van der Waals surface area contributed by atoms with Gasteiger partial charge in [-0.2, -0.15) is 0 Å². The van der Waals surface area contributed by atoms with E-state index in [-0.39, 0.29) is 30.4 Å². The molecule has 0 unspecified atom stereocenters. The second kappa shape index (κ2) is 11.2. The molecule has 2 aliphatic carbocycles. The monoisotopic (exact) mass is 658 g/mol. The zero-order valence-corrected chi connectivity index (χ0v) is 27.8. The number of amides is 1. The van der Waals surface area contributed by atoms with Gasteiger partial charge in [0.25, 0.3) is 5.91 Å². The van der Waals surface area contributed by atoms with Gasteiger partial charge in [-0.05, 0) is 86.9 Å². The third-order valence-electron chi connectivity index (χ3n) is 10.7. The number of imidazole rings is 2. The average Bonchev–Trinajstić information content (AvgIpc) is 3.36. The minimum absolute atomic E-state index is 0.0138. The lowest BCUT2D eigenvalue weighted by atomic mass is 10.1. The molecule has 9 rings (SSSR count). The summed E-state index contributed by atoms with van der Waals surface area (Å²) in [5, 5.41) is 1.02. The number of rotatable bonds is 8. The molecule has 0 radical (unpaired) electrons. The van der Waals surface area contributed by atoms with Crippen molar-refractivity contribution in [1.29, 1.82) is 0 Å². The molecule has 3 aliphatic rings.